The van der Waals surface area contributed by atoms with Gasteiger partial charge in [-0.05, 0) is 36.8 Å². The summed E-state index contributed by atoms with van der Waals surface area (Å²) in [6.45, 7) is 3.04. The Kier molecular flexibility index (Phi) is 6.28. The second-order valence-electron chi connectivity index (χ2n) is 7.90. The molecule has 0 saturated heterocycles. The van der Waals surface area contributed by atoms with Crippen molar-refractivity contribution in [3.05, 3.63) is 93.7 Å². The molecule has 2 heterocycles. The van der Waals surface area contributed by atoms with Crippen LogP contribution in [0.4, 0.5) is 0 Å². The molecule has 0 unspecified atom stereocenters. The van der Waals surface area contributed by atoms with Crippen LogP contribution in [-0.4, -0.2) is 29.2 Å². The summed E-state index contributed by atoms with van der Waals surface area (Å²) < 4.78 is 8.36. The fourth-order valence-corrected chi connectivity index (χ4v) is 5.31. The maximum Gasteiger partial charge on any atom is 0.280 e. The van der Waals surface area contributed by atoms with E-state index in [4.69, 9.17) is 21.3 Å². The fourth-order valence-electron chi connectivity index (χ4n) is 4.05. The Hall–Kier alpha value is -3.32. The van der Waals surface area contributed by atoms with Crippen molar-refractivity contribution in [1.82, 2.24) is 9.55 Å². The third kappa shape index (κ3) is 4.16. The molecule has 7 heteroatoms. The van der Waals surface area contributed by atoms with Crippen LogP contribution >= 0.6 is 22.9 Å². The molecule has 0 N–H and O–H groups in total. The molecule has 0 bridgehead atoms. The minimum atomic E-state index is -0.308. The number of fused-ring (bicyclic) bond motifs is 2. The molecule has 5 nitrogen and oxygen atoms in total. The quantitative estimate of drug-likeness (QED) is 0.293. The topological polar surface area (TPSA) is 56.5 Å². The number of hydrogen-bond donors (Lipinski definition) is 0. The number of benzene rings is 3. The van der Waals surface area contributed by atoms with E-state index in [-0.39, 0.29) is 5.91 Å². The number of aromatic nitrogens is 2. The summed E-state index contributed by atoms with van der Waals surface area (Å²) in [7, 11) is 1.66. The average Bonchev–Trinajstić information content (AvgIpc) is 3.22. The van der Waals surface area contributed by atoms with Crippen LogP contribution in [-0.2, 0) is 11.3 Å². The van der Waals surface area contributed by atoms with Gasteiger partial charge in [-0.1, -0.05) is 71.5 Å². The fraction of sp³-hybridized carbons (Fsp3) is 0.148. The van der Waals surface area contributed by atoms with Gasteiger partial charge >= 0.3 is 0 Å². The number of carbonyl (C=O) groups is 1. The van der Waals surface area contributed by atoms with Gasteiger partial charge in [-0.2, -0.15) is 4.99 Å². The molecule has 0 aliphatic carbocycles. The Morgan fingerprint density at radius 2 is 1.85 bits per heavy atom. The van der Waals surface area contributed by atoms with Gasteiger partial charge in [-0.25, -0.2) is 4.98 Å². The first-order valence-corrected chi connectivity index (χ1v) is 12.1. The zero-order chi connectivity index (χ0) is 23.7. The lowest BCUT2D eigenvalue weighted by Gasteiger charge is -2.09. The summed E-state index contributed by atoms with van der Waals surface area (Å²) >= 11 is 7.87. The normalized spacial score (nSPS) is 12.0. The second kappa shape index (κ2) is 9.50. The summed E-state index contributed by atoms with van der Waals surface area (Å²) in [6.07, 6.45) is 0. The highest BCUT2D eigenvalue weighted by Crippen LogP contribution is 2.28. The first kappa shape index (κ1) is 22.5. The highest BCUT2D eigenvalue weighted by molar-refractivity contribution is 7.16. The molecule has 3 aromatic carbocycles. The summed E-state index contributed by atoms with van der Waals surface area (Å²) in [5, 5.41) is 1.46. The van der Waals surface area contributed by atoms with Crippen molar-refractivity contribution in [2.24, 2.45) is 4.99 Å². The maximum absolute atomic E-state index is 13.6. The number of aryl methyl sites for hydroxylation is 1. The maximum atomic E-state index is 13.6. The minimum absolute atomic E-state index is 0.308. The highest BCUT2D eigenvalue weighted by Gasteiger charge is 2.16. The van der Waals surface area contributed by atoms with Gasteiger partial charge in [0, 0.05) is 29.6 Å². The van der Waals surface area contributed by atoms with Crippen molar-refractivity contribution in [2.75, 3.05) is 13.7 Å². The summed E-state index contributed by atoms with van der Waals surface area (Å²) in [5.41, 5.74) is 4.91. The molecular weight excluding hydrogens is 466 g/mol. The smallest absolute Gasteiger partial charge is 0.280 e. The number of methoxy groups -OCH3 is 1. The molecule has 0 fully saturated rings. The van der Waals surface area contributed by atoms with E-state index in [0.29, 0.717) is 28.5 Å². The lowest BCUT2D eigenvalue weighted by atomic mass is 10.0. The standard InChI is InChI=1S/C27H22ClN3O2S/c1-17-21(28)12-13-24-25(17)31(14-15-33-2)27(34-24)30-26(32)20-16-23(18-8-4-3-5-9-18)29-22-11-7-6-10-19(20)22/h3-13,16H,14-15H2,1-2H3. The molecule has 0 aliphatic heterocycles. The predicted octanol–water partition coefficient (Wildman–Crippen LogP) is 6.27. The molecule has 0 saturated carbocycles. The lowest BCUT2D eigenvalue weighted by molar-refractivity contribution is 0.0999. The molecular formula is C27H22ClN3O2S. The Labute approximate surface area is 205 Å². The van der Waals surface area contributed by atoms with Crippen molar-refractivity contribution < 1.29 is 9.53 Å². The van der Waals surface area contributed by atoms with Crippen molar-refractivity contribution >= 4 is 50.0 Å². The number of halogens is 1. The van der Waals surface area contributed by atoms with Crippen LogP contribution in [0.5, 0.6) is 0 Å². The third-order valence-electron chi connectivity index (χ3n) is 5.76. The van der Waals surface area contributed by atoms with Crippen LogP contribution in [0.3, 0.4) is 0 Å². The molecule has 0 radical (unpaired) electrons. The number of hydrogen-bond acceptors (Lipinski definition) is 4. The number of ether oxygens (including phenoxy) is 1. The van der Waals surface area contributed by atoms with Crippen molar-refractivity contribution in [3.8, 4) is 11.3 Å². The van der Waals surface area contributed by atoms with Crippen molar-refractivity contribution in [1.29, 1.82) is 0 Å². The van der Waals surface area contributed by atoms with E-state index in [1.807, 2.05) is 84.3 Å². The van der Waals surface area contributed by atoms with Crippen LogP contribution in [0, 0.1) is 6.92 Å². The predicted molar refractivity (Wildman–Crippen MR) is 139 cm³/mol. The second-order valence-corrected chi connectivity index (χ2v) is 9.32. The van der Waals surface area contributed by atoms with Gasteiger partial charge in [-0.3, -0.25) is 4.79 Å². The average molecular weight is 488 g/mol. The molecule has 1 amide bonds. The largest absolute Gasteiger partial charge is 0.383 e. The molecule has 0 spiro atoms. The first-order chi connectivity index (χ1) is 16.6. The summed E-state index contributed by atoms with van der Waals surface area (Å²) in [6, 6.07) is 23.2. The molecule has 170 valence electrons. The Morgan fingerprint density at radius 1 is 1.09 bits per heavy atom. The monoisotopic (exact) mass is 487 g/mol. The number of nitrogens with zero attached hydrogens (tertiary/aromatic N) is 3. The van der Waals surface area contributed by atoms with Gasteiger partial charge in [0.25, 0.3) is 5.91 Å². The zero-order valence-corrected chi connectivity index (χ0v) is 20.4. The van der Waals surface area contributed by atoms with Gasteiger partial charge in [0.15, 0.2) is 4.80 Å². The number of para-hydroxylation sites is 1. The number of carbonyl (C=O) groups excluding carboxylic acids is 1. The Balaban J connectivity index is 1.71. The van der Waals surface area contributed by atoms with Crippen LogP contribution < -0.4 is 4.80 Å². The van der Waals surface area contributed by atoms with E-state index in [1.54, 1.807) is 7.11 Å². The van der Waals surface area contributed by atoms with Crippen LogP contribution in [0.15, 0.2) is 77.8 Å². The van der Waals surface area contributed by atoms with Crippen molar-refractivity contribution in [3.63, 3.8) is 0 Å². The number of amides is 1. The van der Waals surface area contributed by atoms with E-state index < -0.39 is 0 Å². The lowest BCUT2D eigenvalue weighted by Crippen LogP contribution is -2.20. The van der Waals surface area contributed by atoms with E-state index in [1.165, 1.54) is 11.3 Å². The third-order valence-corrected chi connectivity index (χ3v) is 7.22. The minimum Gasteiger partial charge on any atom is -0.383 e. The SMILES string of the molecule is COCCn1c(=NC(=O)c2cc(-c3ccccc3)nc3ccccc23)sc2ccc(Cl)c(C)c21. The molecule has 5 aromatic rings. The van der Waals surface area contributed by atoms with E-state index in [2.05, 4.69) is 4.99 Å². The Morgan fingerprint density at radius 3 is 2.65 bits per heavy atom. The van der Waals surface area contributed by atoms with Gasteiger partial charge in [-0.15, -0.1) is 0 Å². The van der Waals surface area contributed by atoms with E-state index in [9.17, 15) is 4.79 Å². The van der Waals surface area contributed by atoms with Crippen LogP contribution in [0.25, 0.3) is 32.4 Å². The first-order valence-electron chi connectivity index (χ1n) is 10.9. The molecule has 0 atom stereocenters. The van der Waals surface area contributed by atoms with E-state index >= 15 is 0 Å². The number of rotatable bonds is 5. The van der Waals surface area contributed by atoms with Gasteiger partial charge in [0.05, 0.1) is 33.6 Å². The van der Waals surface area contributed by atoms with Gasteiger partial charge in [0.1, 0.15) is 0 Å². The molecule has 34 heavy (non-hydrogen) atoms. The van der Waals surface area contributed by atoms with Crippen LogP contribution in [0.2, 0.25) is 5.02 Å². The molecule has 0 aliphatic rings. The van der Waals surface area contributed by atoms with Crippen molar-refractivity contribution in [2.45, 2.75) is 13.5 Å². The number of thiazole rings is 1. The number of pyridine rings is 1. The zero-order valence-electron chi connectivity index (χ0n) is 18.8. The summed E-state index contributed by atoms with van der Waals surface area (Å²) in [5.74, 6) is -0.308. The molecule has 2 aromatic heterocycles. The van der Waals surface area contributed by atoms with Gasteiger partial charge in [0.2, 0.25) is 0 Å². The highest BCUT2D eigenvalue weighted by atomic mass is 35.5. The Bertz CT molecular complexity index is 1590. The summed E-state index contributed by atoms with van der Waals surface area (Å²) in [4.78, 5) is 23.6. The molecule has 5 rings (SSSR count). The van der Waals surface area contributed by atoms with Crippen LogP contribution in [0.1, 0.15) is 15.9 Å². The van der Waals surface area contributed by atoms with E-state index in [0.717, 1.165) is 37.9 Å². The van der Waals surface area contributed by atoms with Gasteiger partial charge < -0.3 is 9.30 Å².